The summed E-state index contributed by atoms with van der Waals surface area (Å²) in [5.74, 6) is 1.72. The van der Waals surface area contributed by atoms with E-state index in [0.717, 1.165) is 43.5 Å². The zero-order valence-electron chi connectivity index (χ0n) is 17.4. The van der Waals surface area contributed by atoms with E-state index < -0.39 is 12.8 Å². The fraction of sp³-hybridized carbons (Fsp3) is 0.667. The molecule has 1 aliphatic rings. The lowest BCUT2D eigenvalue weighted by molar-refractivity contribution is -0.153. The van der Waals surface area contributed by atoms with Crippen molar-refractivity contribution in [1.29, 1.82) is 0 Å². The van der Waals surface area contributed by atoms with Gasteiger partial charge in [-0.1, -0.05) is 19.1 Å². The van der Waals surface area contributed by atoms with Crippen molar-refractivity contribution in [2.75, 3.05) is 39.3 Å². The van der Waals surface area contributed by atoms with Crippen LogP contribution in [0.25, 0.3) is 0 Å². The van der Waals surface area contributed by atoms with Crippen molar-refractivity contribution in [3.8, 4) is 5.75 Å². The molecule has 0 unspecified atom stereocenters. The summed E-state index contributed by atoms with van der Waals surface area (Å²) >= 11 is 0. The summed E-state index contributed by atoms with van der Waals surface area (Å²) in [6, 6.07) is 6.56. The minimum absolute atomic E-state index is 0.203. The van der Waals surface area contributed by atoms with Crippen LogP contribution in [0.1, 0.15) is 38.7 Å². The molecule has 164 valence electrons. The van der Waals surface area contributed by atoms with Gasteiger partial charge < -0.3 is 20.3 Å². The van der Waals surface area contributed by atoms with Gasteiger partial charge in [-0.2, -0.15) is 13.2 Å². The second-order valence-corrected chi connectivity index (χ2v) is 7.34. The predicted octanol–water partition coefficient (Wildman–Crippen LogP) is 3.80. The lowest BCUT2D eigenvalue weighted by Crippen LogP contribution is -2.39. The van der Waals surface area contributed by atoms with Gasteiger partial charge in [0.15, 0.2) is 12.6 Å². The van der Waals surface area contributed by atoms with Gasteiger partial charge in [-0.15, -0.1) is 0 Å². The number of rotatable bonds is 9. The molecule has 1 fully saturated rings. The van der Waals surface area contributed by atoms with Gasteiger partial charge >= 0.3 is 6.18 Å². The van der Waals surface area contributed by atoms with E-state index in [2.05, 4.69) is 27.4 Å². The van der Waals surface area contributed by atoms with Crippen LogP contribution < -0.4 is 15.4 Å². The summed E-state index contributed by atoms with van der Waals surface area (Å²) in [6.07, 6.45) is -0.687. The number of likely N-dealkylation sites (tertiary alicyclic amines) is 1. The van der Waals surface area contributed by atoms with Crippen molar-refractivity contribution in [2.45, 2.75) is 45.8 Å². The first-order valence-electron chi connectivity index (χ1n) is 10.4. The lowest BCUT2D eigenvalue weighted by Gasteiger charge is -2.31. The molecule has 1 saturated heterocycles. The van der Waals surface area contributed by atoms with Gasteiger partial charge in [-0.05, 0) is 69.4 Å². The number of nitrogens with one attached hydrogen (secondary N) is 2. The van der Waals surface area contributed by atoms with Crippen LogP contribution in [0.2, 0.25) is 0 Å². The monoisotopic (exact) mass is 414 g/mol. The van der Waals surface area contributed by atoms with E-state index in [9.17, 15) is 13.2 Å². The average molecular weight is 415 g/mol. The molecule has 5 nitrogen and oxygen atoms in total. The van der Waals surface area contributed by atoms with Crippen molar-refractivity contribution < 1.29 is 17.9 Å². The summed E-state index contributed by atoms with van der Waals surface area (Å²) in [6.45, 7) is 8.57. The Hall–Kier alpha value is -1.96. The highest BCUT2D eigenvalue weighted by Gasteiger charge is 2.28. The molecule has 2 rings (SSSR count). The molecule has 0 amide bonds. The minimum atomic E-state index is -4.33. The Labute approximate surface area is 171 Å². The highest BCUT2D eigenvalue weighted by atomic mass is 19.4. The van der Waals surface area contributed by atoms with Crippen LogP contribution in [0, 0.1) is 5.92 Å². The molecule has 0 saturated carbocycles. The standard InChI is InChI=1S/C21H33F3N4O/c1-3-25-20(26-12-9-17-10-13-28(4-2)14-11-17)27-15-18-5-7-19(8-6-18)29-16-21(22,23)24/h5-8,17H,3-4,9-16H2,1-2H3,(H2,25,26,27). The number of ether oxygens (including phenoxy) is 1. The Morgan fingerprint density at radius 3 is 2.41 bits per heavy atom. The number of halogens is 3. The number of hydrogen-bond acceptors (Lipinski definition) is 3. The van der Waals surface area contributed by atoms with Crippen molar-refractivity contribution in [2.24, 2.45) is 10.9 Å². The third kappa shape index (κ3) is 9.39. The first kappa shape index (κ1) is 23.3. The highest BCUT2D eigenvalue weighted by Crippen LogP contribution is 2.20. The molecule has 8 heteroatoms. The van der Waals surface area contributed by atoms with E-state index in [-0.39, 0.29) is 5.75 Å². The average Bonchev–Trinajstić information content (AvgIpc) is 2.71. The molecular formula is C21H33F3N4O. The maximum Gasteiger partial charge on any atom is 0.422 e. The third-order valence-electron chi connectivity index (χ3n) is 5.09. The Morgan fingerprint density at radius 2 is 1.83 bits per heavy atom. The van der Waals surface area contributed by atoms with E-state index in [1.807, 2.05) is 6.92 Å². The maximum atomic E-state index is 12.2. The zero-order valence-corrected chi connectivity index (χ0v) is 17.4. The second kappa shape index (κ2) is 11.9. The molecule has 29 heavy (non-hydrogen) atoms. The summed E-state index contributed by atoms with van der Waals surface area (Å²) in [5, 5.41) is 6.62. The van der Waals surface area contributed by atoms with Crippen LogP contribution in [0.4, 0.5) is 13.2 Å². The minimum Gasteiger partial charge on any atom is -0.484 e. The molecule has 1 aromatic rings. The predicted molar refractivity (Wildman–Crippen MR) is 110 cm³/mol. The van der Waals surface area contributed by atoms with E-state index in [0.29, 0.717) is 6.54 Å². The van der Waals surface area contributed by atoms with Gasteiger partial charge in [0.2, 0.25) is 0 Å². The zero-order chi connectivity index (χ0) is 21.1. The number of hydrogen-bond donors (Lipinski definition) is 2. The molecule has 0 spiro atoms. The molecule has 0 atom stereocenters. The van der Waals surface area contributed by atoms with Crippen LogP contribution in [0.15, 0.2) is 29.3 Å². The van der Waals surface area contributed by atoms with E-state index >= 15 is 0 Å². The smallest absolute Gasteiger partial charge is 0.422 e. The van der Waals surface area contributed by atoms with Gasteiger partial charge in [0, 0.05) is 13.1 Å². The number of nitrogens with zero attached hydrogens (tertiary/aromatic N) is 2. The SMILES string of the molecule is CCNC(=NCc1ccc(OCC(F)(F)F)cc1)NCCC1CCN(CC)CC1. The lowest BCUT2D eigenvalue weighted by atomic mass is 9.93. The third-order valence-corrected chi connectivity index (χ3v) is 5.09. The largest absolute Gasteiger partial charge is 0.484 e. The van der Waals surface area contributed by atoms with Gasteiger partial charge in [-0.3, -0.25) is 0 Å². The number of piperidine rings is 1. The van der Waals surface area contributed by atoms with Crippen molar-refractivity contribution in [1.82, 2.24) is 15.5 Å². The van der Waals surface area contributed by atoms with Gasteiger partial charge in [0.1, 0.15) is 5.75 Å². The molecule has 2 N–H and O–H groups in total. The van der Waals surface area contributed by atoms with Gasteiger partial charge in [0.25, 0.3) is 0 Å². The molecule has 1 aromatic carbocycles. The molecule has 0 bridgehead atoms. The van der Waals surface area contributed by atoms with Crippen LogP contribution >= 0.6 is 0 Å². The summed E-state index contributed by atoms with van der Waals surface area (Å²) in [5.41, 5.74) is 0.911. The van der Waals surface area contributed by atoms with Crippen molar-refractivity contribution >= 4 is 5.96 Å². The first-order valence-corrected chi connectivity index (χ1v) is 10.4. The van der Waals surface area contributed by atoms with Gasteiger partial charge in [0.05, 0.1) is 6.54 Å². The highest BCUT2D eigenvalue weighted by molar-refractivity contribution is 5.79. The number of aliphatic imine (C=N–C) groups is 1. The number of benzene rings is 1. The normalized spacial score (nSPS) is 16.7. The van der Waals surface area contributed by atoms with Crippen molar-refractivity contribution in [3.63, 3.8) is 0 Å². The Kier molecular flexibility index (Phi) is 9.57. The topological polar surface area (TPSA) is 48.9 Å². The molecule has 0 aliphatic carbocycles. The quantitative estimate of drug-likeness (QED) is 0.477. The molecule has 1 aliphatic heterocycles. The summed E-state index contributed by atoms with van der Waals surface area (Å²) in [4.78, 5) is 7.07. The first-order chi connectivity index (χ1) is 13.9. The van der Waals surface area contributed by atoms with Crippen LogP contribution in [0.3, 0.4) is 0 Å². The number of alkyl halides is 3. The molecule has 0 radical (unpaired) electrons. The van der Waals surface area contributed by atoms with Crippen molar-refractivity contribution in [3.05, 3.63) is 29.8 Å². The number of guanidine groups is 1. The van der Waals surface area contributed by atoms with Gasteiger partial charge in [-0.25, -0.2) is 4.99 Å². The Morgan fingerprint density at radius 1 is 1.14 bits per heavy atom. The van der Waals surface area contributed by atoms with Crippen LogP contribution in [-0.4, -0.2) is 56.4 Å². The van der Waals surface area contributed by atoms with E-state index in [1.165, 1.54) is 25.9 Å². The maximum absolute atomic E-state index is 12.2. The van der Waals surface area contributed by atoms with Crippen LogP contribution in [-0.2, 0) is 6.54 Å². The fourth-order valence-electron chi connectivity index (χ4n) is 3.35. The summed E-state index contributed by atoms with van der Waals surface area (Å²) < 4.78 is 41.3. The van der Waals surface area contributed by atoms with E-state index in [1.54, 1.807) is 24.3 Å². The second-order valence-electron chi connectivity index (χ2n) is 7.34. The molecular weight excluding hydrogens is 381 g/mol. The Balaban J connectivity index is 1.76. The van der Waals surface area contributed by atoms with Crippen LogP contribution in [0.5, 0.6) is 5.75 Å². The summed E-state index contributed by atoms with van der Waals surface area (Å²) in [7, 11) is 0. The molecule has 0 aromatic heterocycles. The molecule has 1 heterocycles. The fourth-order valence-corrected chi connectivity index (χ4v) is 3.35. The Bertz CT molecular complexity index is 611. The van der Waals surface area contributed by atoms with E-state index in [4.69, 9.17) is 4.74 Å².